The summed E-state index contributed by atoms with van der Waals surface area (Å²) in [5.74, 6) is 0.541. The van der Waals surface area contributed by atoms with Crippen molar-refractivity contribution in [3.05, 3.63) is 42.2 Å². The molecule has 2 aromatic rings. The van der Waals surface area contributed by atoms with Gasteiger partial charge in [0.25, 0.3) is 0 Å². The van der Waals surface area contributed by atoms with Gasteiger partial charge in [-0.15, -0.1) is 0 Å². The van der Waals surface area contributed by atoms with Crippen LogP contribution in [-0.4, -0.2) is 20.4 Å². The minimum Gasteiger partial charge on any atom is -0.398 e. The average Bonchev–Trinajstić information content (AvgIpc) is 2.72. The van der Waals surface area contributed by atoms with Gasteiger partial charge in [0.15, 0.2) is 5.16 Å². The van der Waals surface area contributed by atoms with Gasteiger partial charge in [0.2, 0.25) is 0 Å². The highest BCUT2D eigenvalue weighted by atomic mass is 32.2. The lowest BCUT2D eigenvalue weighted by molar-refractivity contribution is 0.205. The van der Waals surface area contributed by atoms with Gasteiger partial charge in [-0.3, -0.25) is 0 Å². The number of para-hydroxylation sites is 1. The molecule has 0 aliphatic heterocycles. The van der Waals surface area contributed by atoms with Crippen LogP contribution in [0.1, 0.15) is 11.7 Å². The lowest BCUT2D eigenvalue weighted by atomic mass is 10.1. The van der Waals surface area contributed by atoms with E-state index in [1.165, 1.54) is 11.8 Å². The van der Waals surface area contributed by atoms with E-state index in [4.69, 9.17) is 5.73 Å². The van der Waals surface area contributed by atoms with Crippen LogP contribution in [0.2, 0.25) is 0 Å². The first-order valence-electron chi connectivity index (χ1n) is 5.31. The zero-order valence-corrected chi connectivity index (χ0v) is 10.4. The Hall–Kier alpha value is -1.46. The van der Waals surface area contributed by atoms with E-state index in [2.05, 4.69) is 4.98 Å². The highest BCUT2D eigenvalue weighted by molar-refractivity contribution is 7.99. The summed E-state index contributed by atoms with van der Waals surface area (Å²) in [5, 5.41) is 10.9. The van der Waals surface area contributed by atoms with Crippen LogP contribution >= 0.6 is 11.8 Å². The molecular formula is C12H15N3OS. The first kappa shape index (κ1) is 12.0. The van der Waals surface area contributed by atoms with Gasteiger partial charge in [0.1, 0.15) is 0 Å². The van der Waals surface area contributed by atoms with Crippen molar-refractivity contribution in [3.8, 4) is 0 Å². The van der Waals surface area contributed by atoms with Crippen molar-refractivity contribution in [3.63, 3.8) is 0 Å². The molecule has 0 fully saturated rings. The second kappa shape index (κ2) is 5.25. The normalized spacial score (nSPS) is 12.6. The number of aliphatic hydroxyl groups is 1. The first-order chi connectivity index (χ1) is 8.18. The number of nitrogen functional groups attached to an aromatic ring is 1. The molecule has 1 atom stereocenters. The summed E-state index contributed by atoms with van der Waals surface area (Å²) in [5.41, 5.74) is 7.21. The van der Waals surface area contributed by atoms with Gasteiger partial charge in [-0.2, -0.15) is 0 Å². The molecule has 1 heterocycles. The molecule has 2 rings (SSSR count). The number of nitrogens with zero attached hydrogens (tertiary/aromatic N) is 2. The summed E-state index contributed by atoms with van der Waals surface area (Å²) in [6.07, 6.45) is 3.05. The van der Waals surface area contributed by atoms with Gasteiger partial charge < -0.3 is 15.4 Å². The number of aromatic nitrogens is 2. The SMILES string of the molecule is Cn1ccnc1SCC(O)c1ccccc1N. The number of imidazole rings is 1. The number of nitrogens with two attached hydrogens (primary N) is 1. The number of benzene rings is 1. The molecule has 0 amide bonds. The van der Waals surface area contributed by atoms with Gasteiger partial charge in [0, 0.05) is 36.4 Å². The van der Waals surface area contributed by atoms with Crippen molar-refractivity contribution in [2.45, 2.75) is 11.3 Å². The van der Waals surface area contributed by atoms with E-state index in [0.29, 0.717) is 11.4 Å². The van der Waals surface area contributed by atoms with Crippen molar-refractivity contribution in [2.75, 3.05) is 11.5 Å². The molecule has 17 heavy (non-hydrogen) atoms. The van der Waals surface area contributed by atoms with Crippen molar-refractivity contribution in [1.82, 2.24) is 9.55 Å². The molecule has 0 bridgehead atoms. The van der Waals surface area contributed by atoms with Crippen molar-refractivity contribution in [1.29, 1.82) is 0 Å². The zero-order valence-electron chi connectivity index (χ0n) is 9.58. The Labute approximate surface area is 104 Å². The number of thioether (sulfide) groups is 1. The Bertz CT molecular complexity index is 498. The predicted molar refractivity (Wildman–Crippen MR) is 69.7 cm³/mol. The summed E-state index contributed by atoms with van der Waals surface area (Å²) in [4.78, 5) is 4.19. The smallest absolute Gasteiger partial charge is 0.167 e. The molecule has 1 aromatic heterocycles. The molecular weight excluding hydrogens is 234 g/mol. The monoisotopic (exact) mass is 249 g/mol. The number of rotatable bonds is 4. The zero-order chi connectivity index (χ0) is 12.3. The van der Waals surface area contributed by atoms with E-state index in [-0.39, 0.29) is 0 Å². The molecule has 0 radical (unpaired) electrons. The molecule has 5 heteroatoms. The molecule has 3 N–H and O–H groups in total. The summed E-state index contributed by atoms with van der Waals surface area (Å²) >= 11 is 1.51. The lowest BCUT2D eigenvalue weighted by Crippen LogP contribution is -2.05. The second-order valence-corrected chi connectivity index (χ2v) is 4.76. The molecule has 0 aliphatic carbocycles. The molecule has 0 saturated heterocycles. The van der Waals surface area contributed by atoms with Crippen LogP contribution in [0.3, 0.4) is 0 Å². The van der Waals surface area contributed by atoms with E-state index in [9.17, 15) is 5.11 Å². The van der Waals surface area contributed by atoms with Crippen molar-refractivity contribution in [2.24, 2.45) is 7.05 Å². The highest BCUT2D eigenvalue weighted by Gasteiger charge is 2.12. The quantitative estimate of drug-likeness (QED) is 0.641. The van der Waals surface area contributed by atoms with Gasteiger partial charge in [-0.25, -0.2) is 4.98 Å². The molecule has 1 unspecified atom stereocenters. The maximum atomic E-state index is 10.1. The van der Waals surface area contributed by atoms with E-state index >= 15 is 0 Å². The summed E-state index contributed by atoms with van der Waals surface area (Å²) in [7, 11) is 1.93. The average molecular weight is 249 g/mol. The predicted octanol–water partition coefficient (Wildman–Crippen LogP) is 1.83. The minimum absolute atomic E-state index is 0.541. The fraction of sp³-hybridized carbons (Fsp3) is 0.250. The van der Waals surface area contributed by atoms with Gasteiger partial charge in [-0.05, 0) is 6.07 Å². The number of hydrogen-bond donors (Lipinski definition) is 2. The Morgan fingerprint density at radius 2 is 2.24 bits per heavy atom. The van der Waals surface area contributed by atoms with Crippen molar-refractivity contribution >= 4 is 17.4 Å². The van der Waals surface area contributed by atoms with E-state index in [1.807, 2.05) is 36.0 Å². The topological polar surface area (TPSA) is 64.1 Å². The summed E-state index contributed by atoms with van der Waals surface area (Å²) < 4.78 is 1.92. The molecule has 90 valence electrons. The fourth-order valence-corrected chi connectivity index (χ4v) is 2.44. The first-order valence-corrected chi connectivity index (χ1v) is 6.29. The van der Waals surface area contributed by atoms with Gasteiger partial charge in [-0.1, -0.05) is 30.0 Å². The van der Waals surface area contributed by atoms with Crippen LogP contribution in [0.4, 0.5) is 5.69 Å². The number of aliphatic hydroxyl groups excluding tert-OH is 1. The summed E-state index contributed by atoms with van der Waals surface area (Å²) in [6.45, 7) is 0. The second-order valence-electron chi connectivity index (χ2n) is 3.78. The molecule has 1 aromatic carbocycles. The van der Waals surface area contributed by atoms with Crippen LogP contribution in [0.15, 0.2) is 41.8 Å². The highest BCUT2D eigenvalue weighted by Crippen LogP contribution is 2.26. The Balaban J connectivity index is 2.01. The Morgan fingerprint density at radius 1 is 1.47 bits per heavy atom. The van der Waals surface area contributed by atoms with E-state index in [1.54, 1.807) is 12.3 Å². The Kier molecular flexibility index (Phi) is 3.71. The molecule has 0 aliphatic rings. The molecule has 0 spiro atoms. The van der Waals surface area contributed by atoms with E-state index < -0.39 is 6.10 Å². The van der Waals surface area contributed by atoms with Crippen LogP contribution in [0.5, 0.6) is 0 Å². The molecule has 4 nitrogen and oxygen atoms in total. The maximum Gasteiger partial charge on any atom is 0.167 e. The molecule has 0 saturated carbocycles. The number of anilines is 1. The largest absolute Gasteiger partial charge is 0.398 e. The standard InChI is InChI=1S/C12H15N3OS/c1-15-7-6-14-12(15)17-8-11(16)9-4-2-3-5-10(9)13/h2-7,11,16H,8,13H2,1H3. The third-order valence-electron chi connectivity index (χ3n) is 2.50. The maximum absolute atomic E-state index is 10.1. The fourth-order valence-electron chi connectivity index (χ4n) is 1.55. The minimum atomic E-state index is -0.571. The van der Waals surface area contributed by atoms with Gasteiger partial charge >= 0.3 is 0 Å². The lowest BCUT2D eigenvalue weighted by Gasteiger charge is -2.12. The Morgan fingerprint density at radius 3 is 2.88 bits per heavy atom. The third-order valence-corrected chi connectivity index (χ3v) is 3.64. The van der Waals surface area contributed by atoms with Crippen LogP contribution < -0.4 is 5.73 Å². The van der Waals surface area contributed by atoms with E-state index in [0.717, 1.165) is 10.7 Å². The third kappa shape index (κ3) is 2.81. The van der Waals surface area contributed by atoms with Crippen LogP contribution in [-0.2, 0) is 7.05 Å². The number of hydrogen-bond acceptors (Lipinski definition) is 4. The summed E-state index contributed by atoms with van der Waals surface area (Å²) in [6, 6.07) is 7.38. The van der Waals surface area contributed by atoms with Crippen LogP contribution in [0, 0.1) is 0 Å². The van der Waals surface area contributed by atoms with Crippen molar-refractivity contribution < 1.29 is 5.11 Å². The van der Waals surface area contributed by atoms with Gasteiger partial charge in [0.05, 0.1) is 6.10 Å². The van der Waals surface area contributed by atoms with Crippen LogP contribution in [0.25, 0.3) is 0 Å². The number of aryl methyl sites for hydroxylation is 1.